The monoisotopic (exact) mass is 299 g/mol. The van der Waals surface area contributed by atoms with E-state index in [4.69, 9.17) is 0 Å². The van der Waals surface area contributed by atoms with Crippen LogP contribution >= 0.6 is 0 Å². The number of benzene rings is 2. The maximum absolute atomic E-state index is 11.8. The molecule has 1 atom stereocenters. The Balaban J connectivity index is 2.01. The Morgan fingerprint density at radius 2 is 1.52 bits per heavy atom. The van der Waals surface area contributed by atoms with Crippen LogP contribution in [0.4, 0.5) is 0 Å². The summed E-state index contributed by atoms with van der Waals surface area (Å²) in [5, 5.41) is 0. The van der Waals surface area contributed by atoms with Gasteiger partial charge in [-0.25, -0.2) is 4.21 Å². The molecular formula is C18H21NOS. The van der Waals surface area contributed by atoms with Crippen molar-refractivity contribution in [3.8, 4) is 11.1 Å². The van der Waals surface area contributed by atoms with Gasteiger partial charge in [0.05, 0.1) is 4.75 Å². The SMILES string of the molecule is CC(C)(C)[S@](=O)/N=C/Cc1ccc(-c2ccccc2)cc1. The molecule has 0 aromatic heterocycles. The van der Waals surface area contributed by atoms with Gasteiger partial charge in [-0.15, -0.1) is 0 Å². The van der Waals surface area contributed by atoms with E-state index in [-0.39, 0.29) is 4.75 Å². The quantitative estimate of drug-likeness (QED) is 0.768. The lowest BCUT2D eigenvalue weighted by atomic mass is 10.0. The zero-order chi connectivity index (χ0) is 15.3. The van der Waals surface area contributed by atoms with Gasteiger partial charge >= 0.3 is 0 Å². The molecule has 0 aliphatic rings. The van der Waals surface area contributed by atoms with Crippen molar-refractivity contribution in [3.63, 3.8) is 0 Å². The molecule has 0 heterocycles. The van der Waals surface area contributed by atoms with Crippen molar-refractivity contribution in [2.24, 2.45) is 4.40 Å². The van der Waals surface area contributed by atoms with Gasteiger partial charge in [0.1, 0.15) is 11.0 Å². The Kier molecular flexibility index (Phi) is 5.07. The molecule has 21 heavy (non-hydrogen) atoms. The summed E-state index contributed by atoms with van der Waals surface area (Å²) in [5.74, 6) is 0. The molecule has 0 radical (unpaired) electrons. The maximum atomic E-state index is 11.8. The summed E-state index contributed by atoms with van der Waals surface area (Å²) < 4.78 is 15.6. The molecule has 0 aliphatic heterocycles. The normalized spacial score (nSPS) is 13.5. The Labute approximate surface area is 129 Å². The highest BCUT2D eigenvalue weighted by atomic mass is 32.2. The van der Waals surface area contributed by atoms with Gasteiger partial charge in [0.2, 0.25) is 0 Å². The number of hydrogen-bond acceptors (Lipinski definition) is 1. The fourth-order valence-electron chi connectivity index (χ4n) is 1.83. The van der Waals surface area contributed by atoms with Crippen LogP contribution in [0.2, 0.25) is 0 Å². The minimum absolute atomic E-state index is 0.298. The smallest absolute Gasteiger partial charge is 0.144 e. The van der Waals surface area contributed by atoms with Crippen molar-refractivity contribution >= 4 is 17.2 Å². The Hall–Kier alpha value is -1.74. The van der Waals surface area contributed by atoms with Crippen molar-refractivity contribution in [2.75, 3.05) is 0 Å². The van der Waals surface area contributed by atoms with E-state index in [9.17, 15) is 4.21 Å². The third kappa shape index (κ3) is 4.64. The van der Waals surface area contributed by atoms with Gasteiger partial charge in [0, 0.05) is 12.6 Å². The molecule has 2 nitrogen and oxygen atoms in total. The molecule has 0 saturated carbocycles. The van der Waals surface area contributed by atoms with Gasteiger partial charge in [-0.2, -0.15) is 4.40 Å². The van der Waals surface area contributed by atoms with Crippen LogP contribution < -0.4 is 0 Å². The molecule has 0 N–H and O–H groups in total. The summed E-state index contributed by atoms with van der Waals surface area (Å²) >= 11 is 0. The van der Waals surface area contributed by atoms with Crippen molar-refractivity contribution in [2.45, 2.75) is 31.9 Å². The molecule has 0 amide bonds. The molecule has 2 aromatic carbocycles. The first-order valence-corrected chi connectivity index (χ1v) is 8.16. The van der Waals surface area contributed by atoms with E-state index in [1.165, 1.54) is 16.7 Å². The molecule has 0 saturated heterocycles. The molecular weight excluding hydrogens is 278 g/mol. The fraction of sp³-hybridized carbons (Fsp3) is 0.278. The molecule has 3 heteroatoms. The van der Waals surface area contributed by atoms with E-state index in [1.807, 2.05) is 39.0 Å². The van der Waals surface area contributed by atoms with Crippen molar-refractivity contribution < 1.29 is 4.21 Å². The average Bonchev–Trinajstić information content (AvgIpc) is 2.48. The maximum Gasteiger partial charge on any atom is 0.144 e. The molecule has 0 unspecified atom stereocenters. The summed E-state index contributed by atoms with van der Waals surface area (Å²) in [7, 11) is -1.18. The lowest BCUT2D eigenvalue weighted by molar-refractivity contribution is 0.651. The van der Waals surface area contributed by atoms with Gasteiger partial charge in [-0.3, -0.25) is 0 Å². The van der Waals surface area contributed by atoms with Crippen LogP contribution in [0.1, 0.15) is 26.3 Å². The van der Waals surface area contributed by atoms with Gasteiger partial charge in [0.25, 0.3) is 0 Å². The highest BCUT2D eigenvalue weighted by Crippen LogP contribution is 2.19. The van der Waals surface area contributed by atoms with E-state index in [1.54, 1.807) is 6.21 Å². The minimum Gasteiger partial charge on any atom is -0.234 e. The van der Waals surface area contributed by atoms with Gasteiger partial charge in [-0.1, -0.05) is 54.6 Å². The van der Waals surface area contributed by atoms with E-state index in [0.29, 0.717) is 6.42 Å². The van der Waals surface area contributed by atoms with Crippen LogP contribution in [0.5, 0.6) is 0 Å². The number of hydrogen-bond donors (Lipinski definition) is 0. The Morgan fingerprint density at radius 3 is 2.10 bits per heavy atom. The molecule has 0 bridgehead atoms. The molecule has 0 aliphatic carbocycles. The highest BCUT2D eigenvalue weighted by molar-refractivity contribution is 7.85. The lowest BCUT2D eigenvalue weighted by Gasteiger charge is -2.12. The molecule has 110 valence electrons. The zero-order valence-corrected chi connectivity index (χ0v) is 13.6. The van der Waals surface area contributed by atoms with E-state index >= 15 is 0 Å². The average molecular weight is 299 g/mol. The van der Waals surface area contributed by atoms with Crippen LogP contribution in [0.15, 0.2) is 59.0 Å². The first-order chi connectivity index (χ1) is 9.97. The summed E-state index contributed by atoms with van der Waals surface area (Å²) in [4.78, 5) is 0. The standard InChI is InChI=1S/C18H21NOS/c1-18(2,3)21(20)19-14-13-15-9-11-17(12-10-15)16-7-5-4-6-8-16/h4-12,14H,13H2,1-3H3/b19-14+/t21-/m0/s1. The zero-order valence-electron chi connectivity index (χ0n) is 12.7. The molecule has 0 spiro atoms. The molecule has 0 fully saturated rings. The van der Waals surface area contributed by atoms with Crippen molar-refractivity contribution in [3.05, 3.63) is 60.2 Å². The lowest BCUT2D eigenvalue weighted by Crippen LogP contribution is -2.19. The number of nitrogens with zero attached hydrogens (tertiary/aromatic N) is 1. The largest absolute Gasteiger partial charge is 0.234 e. The first kappa shape index (κ1) is 15.6. The second kappa shape index (κ2) is 6.81. The number of rotatable bonds is 4. The van der Waals surface area contributed by atoms with E-state index in [2.05, 4.69) is 40.8 Å². The Morgan fingerprint density at radius 1 is 0.952 bits per heavy atom. The van der Waals surface area contributed by atoms with Crippen LogP contribution in [0.3, 0.4) is 0 Å². The molecule has 2 rings (SSSR count). The summed E-state index contributed by atoms with van der Waals surface area (Å²) in [6, 6.07) is 18.7. The predicted octanol–water partition coefficient (Wildman–Crippen LogP) is 4.43. The summed E-state index contributed by atoms with van der Waals surface area (Å²) in [5.41, 5.74) is 3.59. The predicted molar refractivity (Wildman–Crippen MR) is 92.0 cm³/mol. The van der Waals surface area contributed by atoms with Gasteiger partial charge in [0.15, 0.2) is 0 Å². The molecule has 2 aromatic rings. The second-order valence-electron chi connectivity index (χ2n) is 5.92. The Bertz CT molecular complexity index is 625. The van der Waals surface area contributed by atoms with Gasteiger partial charge < -0.3 is 0 Å². The highest BCUT2D eigenvalue weighted by Gasteiger charge is 2.17. The summed E-state index contributed by atoms with van der Waals surface area (Å²) in [6.45, 7) is 5.78. The first-order valence-electron chi connectivity index (χ1n) is 7.06. The van der Waals surface area contributed by atoms with Crippen molar-refractivity contribution in [1.29, 1.82) is 0 Å². The minimum atomic E-state index is -1.18. The van der Waals surface area contributed by atoms with E-state index in [0.717, 1.165) is 0 Å². The third-order valence-corrected chi connectivity index (χ3v) is 4.47. The third-order valence-electron chi connectivity index (χ3n) is 3.08. The van der Waals surface area contributed by atoms with E-state index < -0.39 is 11.0 Å². The van der Waals surface area contributed by atoms with Crippen LogP contribution in [-0.2, 0) is 17.4 Å². The van der Waals surface area contributed by atoms with Crippen molar-refractivity contribution in [1.82, 2.24) is 0 Å². The second-order valence-corrected chi connectivity index (χ2v) is 7.85. The van der Waals surface area contributed by atoms with Crippen LogP contribution in [0, 0.1) is 0 Å². The van der Waals surface area contributed by atoms with Crippen LogP contribution in [-0.4, -0.2) is 15.2 Å². The van der Waals surface area contributed by atoms with Crippen LogP contribution in [0.25, 0.3) is 11.1 Å². The fourth-order valence-corrected chi connectivity index (χ4v) is 2.36. The van der Waals surface area contributed by atoms with Gasteiger partial charge in [-0.05, 0) is 37.5 Å². The topological polar surface area (TPSA) is 29.4 Å². The summed E-state index contributed by atoms with van der Waals surface area (Å²) in [6.07, 6.45) is 2.45.